The Morgan fingerprint density at radius 2 is 2.19 bits per heavy atom. The summed E-state index contributed by atoms with van der Waals surface area (Å²) in [6, 6.07) is 3.19. The lowest BCUT2D eigenvalue weighted by molar-refractivity contribution is 0.112. The van der Waals surface area contributed by atoms with Gasteiger partial charge in [-0.05, 0) is 30.9 Å². The van der Waals surface area contributed by atoms with Gasteiger partial charge in [-0.25, -0.2) is 4.39 Å². The predicted octanol–water partition coefficient (Wildman–Crippen LogP) is 3.76. The molecule has 0 unspecified atom stereocenters. The van der Waals surface area contributed by atoms with Crippen molar-refractivity contribution < 1.29 is 9.18 Å². The van der Waals surface area contributed by atoms with Crippen LogP contribution in [0.1, 0.15) is 34.8 Å². The van der Waals surface area contributed by atoms with Gasteiger partial charge in [-0.15, -0.1) is 0 Å². The monoisotopic (exact) mass is 281 g/mol. The molecule has 1 aromatic heterocycles. The van der Waals surface area contributed by atoms with Crippen molar-refractivity contribution >= 4 is 33.1 Å². The maximum Gasteiger partial charge on any atom is 0.152 e. The maximum absolute atomic E-state index is 13.7. The SMILES string of the molecule is O=Cc1c(C2CC2)[nH]c2c(F)cc(Br)cc12. The molecular weight excluding hydrogens is 273 g/mol. The lowest BCUT2D eigenvalue weighted by Crippen LogP contribution is -1.85. The molecule has 0 atom stereocenters. The highest BCUT2D eigenvalue weighted by molar-refractivity contribution is 9.10. The number of nitrogens with one attached hydrogen (secondary N) is 1. The molecule has 0 saturated heterocycles. The molecule has 1 aromatic carbocycles. The second-order valence-corrected chi connectivity index (χ2v) is 5.07. The van der Waals surface area contributed by atoms with E-state index in [0.717, 1.165) is 24.8 Å². The van der Waals surface area contributed by atoms with Crippen LogP contribution in [0.5, 0.6) is 0 Å². The first-order valence-electron chi connectivity index (χ1n) is 5.16. The second kappa shape index (κ2) is 3.42. The van der Waals surface area contributed by atoms with Gasteiger partial charge in [0.15, 0.2) is 6.29 Å². The van der Waals surface area contributed by atoms with Crippen molar-refractivity contribution in [3.05, 3.63) is 33.7 Å². The van der Waals surface area contributed by atoms with E-state index in [-0.39, 0.29) is 5.82 Å². The number of carbonyl (C=O) groups excluding carboxylic acids is 1. The van der Waals surface area contributed by atoms with Gasteiger partial charge in [0.05, 0.1) is 5.52 Å². The maximum atomic E-state index is 13.7. The van der Waals surface area contributed by atoms with Crippen molar-refractivity contribution in [1.82, 2.24) is 4.98 Å². The third-order valence-electron chi connectivity index (χ3n) is 3.00. The summed E-state index contributed by atoms with van der Waals surface area (Å²) in [6.45, 7) is 0. The Labute approximate surface area is 100.0 Å². The molecule has 1 N–H and O–H groups in total. The van der Waals surface area contributed by atoms with Gasteiger partial charge in [0.1, 0.15) is 5.82 Å². The quantitative estimate of drug-likeness (QED) is 0.836. The van der Waals surface area contributed by atoms with E-state index >= 15 is 0 Å². The summed E-state index contributed by atoms with van der Waals surface area (Å²) >= 11 is 3.24. The first-order valence-corrected chi connectivity index (χ1v) is 5.96. The Kier molecular flexibility index (Phi) is 2.14. The molecule has 1 aliphatic rings. The molecule has 1 aliphatic carbocycles. The average Bonchev–Trinajstić information content (AvgIpc) is 3.00. The molecule has 3 rings (SSSR count). The average molecular weight is 282 g/mol. The molecule has 0 spiro atoms. The van der Waals surface area contributed by atoms with Crippen molar-refractivity contribution in [2.45, 2.75) is 18.8 Å². The summed E-state index contributed by atoms with van der Waals surface area (Å²) in [5.41, 5.74) is 1.94. The first-order chi connectivity index (χ1) is 7.70. The lowest BCUT2D eigenvalue weighted by Gasteiger charge is -1.95. The zero-order chi connectivity index (χ0) is 11.3. The van der Waals surface area contributed by atoms with Gasteiger partial charge >= 0.3 is 0 Å². The fourth-order valence-corrected chi connectivity index (χ4v) is 2.51. The highest BCUT2D eigenvalue weighted by Crippen LogP contribution is 2.43. The number of aldehydes is 1. The molecule has 1 saturated carbocycles. The molecule has 1 fully saturated rings. The predicted molar refractivity (Wildman–Crippen MR) is 63.3 cm³/mol. The lowest BCUT2D eigenvalue weighted by atomic mass is 10.1. The summed E-state index contributed by atoms with van der Waals surface area (Å²) in [7, 11) is 0. The number of hydrogen-bond donors (Lipinski definition) is 1. The van der Waals surface area contributed by atoms with Gasteiger partial charge in [-0.2, -0.15) is 0 Å². The van der Waals surface area contributed by atoms with E-state index in [4.69, 9.17) is 0 Å². The Morgan fingerprint density at radius 1 is 1.44 bits per heavy atom. The number of benzene rings is 1. The summed E-state index contributed by atoms with van der Waals surface area (Å²) < 4.78 is 14.3. The summed E-state index contributed by atoms with van der Waals surface area (Å²) in [6.07, 6.45) is 2.98. The molecule has 0 amide bonds. The van der Waals surface area contributed by atoms with Gasteiger partial charge < -0.3 is 4.98 Å². The molecule has 2 aromatic rings. The number of aromatic amines is 1. The third kappa shape index (κ3) is 1.40. The molecule has 2 nitrogen and oxygen atoms in total. The van der Waals surface area contributed by atoms with E-state index < -0.39 is 0 Å². The van der Waals surface area contributed by atoms with Crippen molar-refractivity contribution in [3.8, 4) is 0 Å². The van der Waals surface area contributed by atoms with E-state index in [1.54, 1.807) is 6.07 Å². The van der Waals surface area contributed by atoms with E-state index in [2.05, 4.69) is 20.9 Å². The Morgan fingerprint density at radius 3 is 2.81 bits per heavy atom. The number of halogens is 2. The molecule has 4 heteroatoms. The van der Waals surface area contributed by atoms with Crippen LogP contribution in [0, 0.1) is 5.82 Å². The van der Waals surface area contributed by atoms with E-state index in [0.29, 0.717) is 26.9 Å². The molecule has 16 heavy (non-hydrogen) atoms. The van der Waals surface area contributed by atoms with Gasteiger partial charge in [0, 0.05) is 21.1 Å². The Balaban J connectivity index is 2.37. The van der Waals surface area contributed by atoms with E-state index in [9.17, 15) is 9.18 Å². The van der Waals surface area contributed by atoms with Crippen molar-refractivity contribution in [2.75, 3.05) is 0 Å². The standard InChI is InChI=1S/C12H9BrFNO/c13-7-3-8-9(5-16)11(6-1-2-6)15-12(8)10(14)4-7/h3-6,15H,1-2H2. The van der Waals surface area contributed by atoms with Crippen LogP contribution in [0.25, 0.3) is 10.9 Å². The topological polar surface area (TPSA) is 32.9 Å². The molecule has 1 heterocycles. The van der Waals surface area contributed by atoms with Crippen LogP contribution in [0.2, 0.25) is 0 Å². The van der Waals surface area contributed by atoms with Crippen LogP contribution in [-0.2, 0) is 0 Å². The van der Waals surface area contributed by atoms with Gasteiger partial charge in [-0.3, -0.25) is 4.79 Å². The van der Waals surface area contributed by atoms with Gasteiger partial charge in [-0.1, -0.05) is 15.9 Å². The van der Waals surface area contributed by atoms with Crippen molar-refractivity contribution in [3.63, 3.8) is 0 Å². The largest absolute Gasteiger partial charge is 0.355 e. The number of aromatic nitrogens is 1. The Hall–Kier alpha value is -1.16. The highest BCUT2D eigenvalue weighted by atomic mass is 79.9. The van der Waals surface area contributed by atoms with Crippen LogP contribution in [0.15, 0.2) is 16.6 Å². The van der Waals surface area contributed by atoms with Crippen LogP contribution in [-0.4, -0.2) is 11.3 Å². The number of fused-ring (bicyclic) bond motifs is 1. The molecular formula is C12H9BrFNO. The fraction of sp³-hybridized carbons (Fsp3) is 0.250. The number of hydrogen-bond acceptors (Lipinski definition) is 1. The number of rotatable bonds is 2. The zero-order valence-electron chi connectivity index (χ0n) is 8.39. The van der Waals surface area contributed by atoms with Crippen LogP contribution in [0.3, 0.4) is 0 Å². The molecule has 0 aliphatic heterocycles. The molecule has 0 radical (unpaired) electrons. The molecule has 0 bridgehead atoms. The van der Waals surface area contributed by atoms with Crippen molar-refractivity contribution in [1.29, 1.82) is 0 Å². The van der Waals surface area contributed by atoms with E-state index in [1.807, 2.05) is 0 Å². The molecule has 82 valence electrons. The second-order valence-electron chi connectivity index (χ2n) is 4.15. The first kappa shape index (κ1) is 10.0. The summed E-state index contributed by atoms with van der Waals surface area (Å²) in [4.78, 5) is 14.1. The summed E-state index contributed by atoms with van der Waals surface area (Å²) in [5.74, 6) is 0.0881. The number of H-pyrrole nitrogens is 1. The minimum absolute atomic E-state index is 0.320. The Bertz CT molecular complexity index is 586. The van der Waals surface area contributed by atoms with Gasteiger partial charge in [0.2, 0.25) is 0 Å². The number of carbonyl (C=O) groups is 1. The minimum Gasteiger partial charge on any atom is -0.355 e. The highest BCUT2D eigenvalue weighted by Gasteiger charge is 2.29. The van der Waals surface area contributed by atoms with Crippen LogP contribution >= 0.6 is 15.9 Å². The van der Waals surface area contributed by atoms with Gasteiger partial charge in [0.25, 0.3) is 0 Å². The fourth-order valence-electron chi connectivity index (χ4n) is 2.08. The minimum atomic E-state index is -0.320. The van der Waals surface area contributed by atoms with Crippen molar-refractivity contribution in [2.24, 2.45) is 0 Å². The summed E-state index contributed by atoms with van der Waals surface area (Å²) in [5, 5.41) is 0.670. The normalized spacial score (nSPS) is 15.6. The zero-order valence-corrected chi connectivity index (χ0v) is 9.97. The van der Waals surface area contributed by atoms with E-state index in [1.165, 1.54) is 6.07 Å². The third-order valence-corrected chi connectivity index (χ3v) is 3.46. The van der Waals surface area contributed by atoms with Crippen LogP contribution < -0.4 is 0 Å². The smallest absolute Gasteiger partial charge is 0.152 e. The van der Waals surface area contributed by atoms with Crippen LogP contribution in [0.4, 0.5) is 4.39 Å².